The van der Waals surface area contributed by atoms with Crippen molar-refractivity contribution in [3.8, 4) is 17.2 Å². The van der Waals surface area contributed by atoms with E-state index in [9.17, 15) is 14.4 Å². The third-order valence-corrected chi connectivity index (χ3v) is 5.06. The molecule has 3 aromatic rings. The number of carbonyl (C=O) groups is 3. The summed E-state index contributed by atoms with van der Waals surface area (Å²) >= 11 is 0. The van der Waals surface area contributed by atoms with Crippen LogP contribution in [0.5, 0.6) is 17.2 Å². The molecule has 0 N–H and O–H groups in total. The molecule has 0 spiro atoms. The summed E-state index contributed by atoms with van der Waals surface area (Å²) in [6, 6.07) is 9.50. The molecule has 0 amide bonds. The molecule has 0 aliphatic heterocycles. The van der Waals surface area contributed by atoms with Crippen molar-refractivity contribution in [2.75, 3.05) is 27.9 Å². The molecule has 0 aliphatic carbocycles. The second-order valence-electron chi connectivity index (χ2n) is 7.13. The van der Waals surface area contributed by atoms with Gasteiger partial charge >= 0.3 is 11.9 Å². The van der Waals surface area contributed by atoms with Gasteiger partial charge in [-0.05, 0) is 50.2 Å². The van der Waals surface area contributed by atoms with Crippen molar-refractivity contribution < 1.29 is 38.1 Å². The minimum absolute atomic E-state index is 0. The zero-order valence-corrected chi connectivity index (χ0v) is 20.8. The number of carbonyl (C=O) groups excluding carboxylic acids is 3. The molecular weight excluding hydrogens is 478 g/mol. The lowest BCUT2D eigenvalue weighted by Crippen LogP contribution is -2.24. The number of nitrogens with zero attached hydrogens (tertiary/aromatic N) is 1. The first-order valence-electron chi connectivity index (χ1n) is 10.5. The highest BCUT2D eigenvalue weighted by Crippen LogP contribution is 2.35. The second kappa shape index (κ2) is 12.0. The average Bonchev–Trinajstić information content (AvgIpc) is 2.86. The zero-order valence-electron chi connectivity index (χ0n) is 19.9. The molecule has 0 saturated carbocycles. The van der Waals surface area contributed by atoms with E-state index in [1.165, 1.54) is 27.5 Å². The average molecular weight is 504 g/mol. The second-order valence-corrected chi connectivity index (χ2v) is 7.13. The summed E-state index contributed by atoms with van der Waals surface area (Å²) in [5, 5.41) is 0.856. The molecule has 0 radical (unpaired) electrons. The molecule has 1 heterocycles. The van der Waals surface area contributed by atoms with E-state index in [1.54, 1.807) is 50.2 Å². The van der Waals surface area contributed by atoms with Crippen LogP contribution < -0.4 is 14.2 Å². The summed E-state index contributed by atoms with van der Waals surface area (Å²) in [7, 11) is 4.23. The highest BCUT2D eigenvalue weighted by atomic mass is 35.5. The summed E-state index contributed by atoms with van der Waals surface area (Å²) in [5.74, 6) is -0.273. The lowest BCUT2D eigenvalue weighted by Gasteiger charge is -2.14. The first kappa shape index (κ1) is 27.4. The number of halogens is 1. The van der Waals surface area contributed by atoms with Crippen molar-refractivity contribution in [2.45, 2.75) is 20.0 Å². The van der Waals surface area contributed by atoms with Crippen molar-refractivity contribution >= 4 is 40.9 Å². The van der Waals surface area contributed by atoms with Gasteiger partial charge in [0, 0.05) is 22.5 Å². The molecule has 0 aliphatic rings. The van der Waals surface area contributed by atoms with Crippen LogP contribution in [0.2, 0.25) is 0 Å². The van der Waals surface area contributed by atoms with Gasteiger partial charge in [0.05, 0.1) is 33.5 Å². The van der Waals surface area contributed by atoms with Gasteiger partial charge in [-0.3, -0.25) is 9.78 Å². The molecule has 1 atom stereocenters. The van der Waals surface area contributed by atoms with Gasteiger partial charge in [-0.2, -0.15) is 0 Å². The van der Waals surface area contributed by atoms with Gasteiger partial charge in [0.15, 0.2) is 17.6 Å². The van der Waals surface area contributed by atoms with E-state index in [4.69, 9.17) is 18.9 Å². The highest BCUT2D eigenvalue weighted by Gasteiger charge is 2.22. The summed E-state index contributed by atoms with van der Waals surface area (Å²) < 4.78 is 26.0. The minimum Gasteiger partial charge on any atom is -0.493 e. The molecular formula is C25H26ClNO8. The Hall–Kier alpha value is -3.85. The summed E-state index contributed by atoms with van der Waals surface area (Å²) in [6.45, 7) is 3.46. The Morgan fingerprint density at radius 3 is 2.09 bits per heavy atom. The number of fused-ring (bicyclic) bond motifs is 1. The Kier molecular flexibility index (Phi) is 9.42. The predicted octanol–water partition coefficient (Wildman–Crippen LogP) is 4.02. The Labute approximate surface area is 208 Å². The molecule has 35 heavy (non-hydrogen) atoms. The third-order valence-electron chi connectivity index (χ3n) is 5.06. The largest absolute Gasteiger partial charge is 0.493 e. The number of methoxy groups -OCH3 is 3. The Bertz CT molecular complexity index is 1230. The van der Waals surface area contributed by atoms with Crippen LogP contribution in [0.25, 0.3) is 10.8 Å². The van der Waals surface area contributed by atoms with Crippen LogP contribution >= 0.6 is 12.4 Å². The Morgan fingerprint density at radius 2 is 1.54 bits per heavy atom. The number of pyridine rings is 1. The lowest BCUT2D eigenvalue weighted by molar-refractivity contribution is -0.147. The number of rotatable bonds is 9. The van der Waals surface area contributed by atoms with Crippen LogP contribution in [-0.2, 0) is 14.3 Å². The number of esters is 2. The fourth-order valence-corrected chi connectivity index (χ4v) is 3.36. The van der Waals surface area contributed by atoms with Gasteiger partial charge in [0.2, 0.25) is 5.78 Å². The fraction of sp³-hybridized carbons (Fsp3) is 0.280. The van der Waals surface area contributed by atoms with Crippen LogP contribution in [0.3, 0.4) is 0 Å². The number of hydrogen-bond donors (Lipinski definition) is 0. The van der Waals surface area contributed by atoms with Gasteiger partial charge in [-0.25, -0.2) is 9.59 Å². The normalized spacial score (nSPS) is 11.1. The molecule has 10 heteroatoms. The van der Waals surface area contributed by atoms with E-state index >= 15 is 0 Å². The maximum absolute atomic E-state index is 13.3. The Balaban J connectivity index is 0.00000432. The van der Waals surface area contributed by atoms with E-state index in [-0.39, 0.29) is 36.1 Å². The van der Waals surface area contributed by atoms with Crippen LogP contribution in [0.1, 0.15) is 40.3 Å². The monoisotopic (exact) mass is 503 g/mol. The van der Waals surface area contributed by atoms with E-state index < -0.39 is 18.0 Å². The highest BCUT2D eigenvalue weighted by molar-refractivity contribution is 6.18. The van der Waals surface area contributed by atoms with Crippen molar-refractivity contribution in [2.24, 2.45) is 0 Å². The van der Waals surface area contributed by atoms with Gasteiger partial charge < -0.3 is 23.7 Å². The fourth-order valence-electron chi connectivity index (χ4n) is 3.36. The quantitative estimate of drug-likeness (QED) is 0.315. The standard InChI is InChI=1S/C25H25NO8.ClH/c1-6-33-25(29)19-13-26-22(18-12-21(31-4)20(30-3)11-17(18)19)23(27)15-7-9-16(10-8-15)34-14(2)24(28)32-5;/h7-14H,6H2,1-5H3;1H. The van der Waals surface area contributed by atoms with Gasteiger partial charge in [-0.15, -0.1) is 12.4 Å². The smallest absolute Gasteiger partial charge is 0.346 e. The first-order chi connectivity index (χ1) is 16.3. The molecule has 3 rings (SSSR count). The van der Waals surface area contributed by atoms with E-state index in [1.807, 2.05) is 0 Å². The van der Waals surface area contributed by atoms with Gasteiger partial charge in [-0.1, -0.05) is 0 Å². The molecule has 0 saturated heterocycles. The van der Waals surface area contributed by atoms with Crippen LogP contribution in [0, 0.1) is 0 Å². The molecule has 1 aromatic heterocycles. The van der Waals surface area contributed by atoms with Crippen molar-refractivity contribution in [1.29, 1.82) is 0 Å². The molecule has 0 bridgehead atoms. The van der Waals surface area contributed by atoms with E-state index in [2.05, 4.69) is 9.72 Å². The van der Waals surface area contributed by atoms with E-state index in [0.29, 0.717) is 33.6 Å². The maximum Gasteiger partial charge on any atom is 0.346 e. The molecule has 2 aromatic carbocycles. The minimum atomic E-state index is -0.796. The van der Waals surface area contributed by atoms with Gasteiger partial charge in [0.1, 0.15) is 11.4 Å². The molecule has 0 fully saturated rings. The lowest BCUT2D eigenvalue weighted by atomic mass is 9.99. The summed E-state index contributed by atoms with van der Waals surface area (Å²) in [4.78, 5) is 41.7. The van der Waals surface area contributed by atoms with Crippen molar-refractivity contribution in [3.05, 3.63) is 59.4 Å². The van der Waals surface area contributed by atoms with E-state index in [0.717, 1.165) is 0 Å². The van der Waals surface area contributed by atoms with Gasteiger partial charge in [0.25, 0.3) is 0 Å². The topological polar surface area (TPSA) is 110 Å². The van der Waals surface area contributed by atoms with Crippen LogP contribution in [-0.4, -0.2) is 56.7 Å². The summed E-state index contributed by atoms with van der Waals surface area (Å²) in [5.41, 5.74) is 0.668. The predicted molar refractivity (Wildman–Crippen MR) is 130 cm³/mol. The first-order valence-corrected chi connectivity index (χ1v) is 10.5. The van der Waals surface area contributed by atoms with Crippen LogP contribution in [0.4, 0.5) is 0 Å². The maximum atomic E-state index is 13.3. The van der Waals surface area contributed by atoms with Crippen LogP contribution in [0.15, 0.2) is 42.6 Å². The number of ether oxygens (including phenoxy) is 5. The summed E-state index contributed by atoms with van der Waals surface area (Å²) in [6.07, 6.45) is 0.518. The third kappa shape index (κ3) is 5.81. The van der Waals surface area contributed by atoms with Crippen molar-refractivity contribution in [3.63, 3.8) is 0 Å². The molecule has 9 nitrogen and oxygen atoms in total. The zero-order chi connectivity index (χ0) is 24.8. The number of hydrogen-bond acceptors (Lipinski definition) is 9. The number of benzene rings is 2. The molecule has 1 unspecified atom stereocenters. The number of ketones is 1. The SMILES string of the molecule is CCOC(=O)c1cnc(C(=O)c2ccc(OC(C)C(=O)OC)cc2)c2cc(OC)c(OC)cc12.Cl. The number of aromatic nitrogens is 1. The Morgan fingerprint density at radius 1 is 0.943 bits per heavy atom. The molecule has 186 valence electrons. The van der Waals surface area contributed by atoms with Crippen molar-refractivity contribution in [1.82, 2.24) is 4.98 Å².